The molecule has 0 saturated heterocycles. The van der Waals surface area contributed by atoms with Gasteiger partial charge in [-0.2, -0.15) is 9.97 Å². The third-order valence-electron chi connectivity index (χ3n) is 1.96. The molecule has 1 rings (SSSR count). The highest BCUT2D eigenvalue weighted by molar-refractivity contribution is 5.73. The number of ether oxygens (including phenoxy) is 2. The second-order valence-corrected chi connectivity index (χ2v) is 4.23. The zero-order valence-electron chi connectivity index (χ0n) is 11.3. The number of carbonyl (C=O) groups is 1. The van der Waals surface area contributed by atoms with Gasteiger partial charge in [-0.1, -0.05) is 13.8 Å². The van der Waals surface area contributed by atoms with Crippen LogP contribution in [0.5, 0.6) is 11.8 Å². The Kier molecular flexibility index (Phi) is 5.16. The van der Waals surface area contributed by atoms with E-state index in [1.54, 1.807) is 6.92 Å². The lowest BCUT2D eigenvalue weighted by molar-refractivity contribution is 0.199. The quantitative estimate of drug-likeness (QED) is 0.721. The summed E-state index contributed by atoms with van der Waals surface area (Å²) >= 11 is 0. The van der Waals surface area contributed by atoms with Gasteiger partial charge in [0, 0.05) is 6.54 Å². The maximum atomic E-state index is 11.3. The lowest BCUT2D eigenvalue weighted by Crippen LogP contribution is -2.27. The predicted molar refractivity (Wildman–Crippen MR) is 70.9 cm³/mol. The van der Waals surface area contributed by atoms with Gasteiger partial charge in [0.15, 0.2) is 5.69 Å². The van der Waals surface area contributed by atoms with E-state index in [4.69, 9.17) is 20.9 Å². The maximum Gasteiger partial charge on any atom is 0.414 e. The topological polar surface area (TPSA) is 125 Å². The van der Waals surface area contributed by atoms with Gasteiger partial charge in [0.25, 0.3) is 5.88 Å². The molecule has 0 saturated carbocycles. The third kappa shape index (κ3) is 4.49. The molecule has 1 amide bonds. The molecule has 0 spiro atoms. The standard InChI is InChI=1S/C11H19N5O3/c1-4-14-11(17)19-9-7(12)8(15-10(13)16-9)18-5-6(2)3/h6H,4-5,12H2,1-3H3,(H,14,17)(H2,13,15,16). The van der Waals surface area contributed by atoms with E-state index in [-0.39, 0.29) is 23.4 Å². The molecule has 0 aliphatic heterocycles. The molecule has 1 heterocycles. The average molecular weight is 269 g/mol. The van der Waals surface area contributed by atoms with Crippen molar-refractivity contribution in [2.75, 3.05) is 24.6 Å². The smallest absolute Gasteiger partial charge is 0.414 e. The molecule has 0 unspecified atom stereocenters. The molecule has 0 atom stereocenters. The van der Waals surface area contributed by atoms with Gasteiger partial charge in [-0.05, 0) is 12.8 Å². The lowest BCUT2D eigenvalue weighted by Gasteiger charge is -2.12. The predicted octanol–water partition coefficient (Wildman–Crippen LogP) is 0.784. The third-order valence-corrected chi connectivity index (χ3v) is 1.96. The monoisotopic (exact) mass is 269 g/mol. The second kappa shape index (κ2) is 6.62. The molecule has 8 heteroatoms. The molecule has 0 aliphatic rings. The number of anilines is 2. The van der Waals surface area contributed by atoms with Crippen molar-refractivity contribution in [3.63, 3.8) is 0 Å². The summed E-state index contributed by atoms with van der Waals surface area (Å²) < 4.78 is 10.3. The SMILES string of the molecule is CCNC(=O)Oc1nc(N)nc(OCC(C)C)c1N. The first kappa shape index (κ1) is 14.8. The van der Waals surface area contributed by atoms with Gasteiger partial charge in [0.1, 0.15) is 0 Å². The Hall–Kier alpha value is -2.25. The van der Waals surface area contributed by atoms with Crippen LogP contribution in [-0.2, 0) is 0 Å². The minimum atomic E-state index is -0.665. The fourth-order valence-corrected chi connectivity index (χ4v) is 1.15. The Morgan fingerprint density at radius 1 is 1.32 bits per heavy atom. The zero-order valence-corrected chi connectivity index (χ0v) is 11.3. The van der Waals surface area contributed by atoms with Crippen molar-refractivity contribution >= 4 is 17.7 Å². The molecule has 1 aromatic rings. The minimum absolute atomic E-state index is 0.0427. The van der Waals surface area contributed by atoms with Crippen LogP contribution in [0.4, 0.5) is 16.4 Å². The number of nitrogens with zero attached hydrogens (tertiary/aromatic N) is 2. The van der Waals surface area contributed by atoms with Crippen molar-refractivity contribution in [3.05, 3.63) is 0 Å². The summed E-state index contributed by atoms with van der Waals surface area (Å²) in [5, 5.41) is 2.45. The molecule has 106 valence electrons. The van der Waals surface area contributed by atoms with Crippen molar-refractivity contribution in [3.8, 4) is 11.8 Å². The molecule has 5 N–H and O–H groups in total. The van der Waals surface area contributed by atoms with Crippen LogP contribution in [0.2, 0.25) is 0 Å². The Balaban J connectivity index is 2.89. The van der Waals surface area contributed by atoms with Gasteiger partial charge < -0.3 is 26.3 Å². The summed E-state index contributed by atoms with van der Waals surface area (Å²) in [6, 6.07) is 0. The molecular weight excluding hydrogens is 250 g/mol. The van der Waals surface area contributed by atoms with Crippen molar-refractivity contribution in [2.24, 2.45) is 5.92 Å². The minimum Gasteiger partial charge on any atom is -0.476 e. The van der Waals surface area contributed by atoms with E-state index in [1.165, 1.54) is 0 Å². The molecule has 8 nitrogen and oxygen atoms in total. The van der Waals surface area contributed by atoms with Crippen LogP contribution in [0.15, 0.2) is 0 Å². The van der Waals surface area contributed by atoms with Crippen LogP contribution in [0, 0.1) is 5.92 Å². The van der Waals surface area contributed by atoms with E-state index in [9.17, 15) is 4.79 Å². The van der Waals surface area contributed by atoms with Gasteiger partial charge in [-0.3, -0.25) is 0 Å². The highest BCUT2D eigenvalue weighted by atomic mass is 16.6. The van der Waals surface area contributed by atoms with Crippen molar-refractivity contribution < 1.29 is 14.3 Å². The largest absolute Gasteiger partial charge is 0.476 e. The Labute approximate surface area is 111 Å². The fourth-order valence-electron chi connectivity index (χ4n) is 1.15. The van der Waals surface area contributed by atoms with Crippen molar-refractivity contribution in [1.82, 2.24) is 15.3 Å². The molecule has 19 heavy (non-hydrogen) atoms. The number of nitrogens with one attached hydrogen (secondary N) is 1. The van der Waals surface area contributed by atoms with Crippen LogP contribution < -0.4 is 26.3 Å². The lowest BCUT2D eigenvalue weighted by atomic mass is 10.2. The van der Waals surface area contributed by atoms with E-state index in [0.29, 0.717) is 19.1 Å². The molecule has 0 aliphatic carbocycles. The Bertz CT molecular complexity index is 450. The van der Waals surface area contributed by atoms with Gasteiger partial charge >= 0.3 is 6.09 Å². The Morgan fingerprint density at radius 2 is 1.95 bits per heavy atom. The number of rotatable bonds is 5. The number of nitrogen functional groups attached to an aromatic ring is 2. The average Bonchev–Trinajstić information content (AvgIpc) is 2.31. The van der Waals surface area contributed by atoms with Gasteiger partial charge in [-0.25, -0.2) is 4.79 Å². The van der Waals surface area contributed by atoms with E-state index in [0.717, 1.165) is 0 Å². The van der Waals surface area contributed by atoms with E-state index in [1.807, 2.05) is 13.8 Å². The highest BCUT2D eigenvalue weighted by Crippen LogP contribution is 2.29. The highest BCUT2D eigenvalue weighted by Gasteiger charge is 2.16. The van der Waals surface area contributed by atoms with Crippen LogP contribution in [-0.4, -0.2) is 29.2 Å². The summed E-state index contributed by atoms with van der Waals surface area (Å²) in [5.41, 5.74) is 11.3. The van der Waals surface area contributed by atoms with Crippen LogP contribution in [0.25, 0.3) is 0 Å². The van der Waals surface area contributed by atoms with Crippen LogP contribution in [0.3, 0.4) is 0 Å². The molecular formula is C11H19N5O3. The second-order valence-electron chi connectivity index (χ2n) is 4.23. The zero-order chi connectivity index (χ0) is 14.4. The summed E-state index contributed by atoms with van der Waals surface area (Å²) in [5.74, 6) is 0.216. The van der Waals surface area contributed by atoms with Gasteiger partial charge in [0.05, 0.1) is 6.61 Å². The molecule has 1 aromatic heterocycles. The maximum absolute atomic E-state index is 11.3. The first-order valence-electron chi connectivity index (χ1n) is 5.95. The molecule has 0 aromatic carbocycles. The number of amides is 1. The molecule has 0 radical (unpaired) electrons. The Morgan fingerprint density at radius 3 is 2.53 bits per heavy atom. The van der Waals surface area contributed by atoms with E-state index in [2.05, 4.69) is 15.3 Å². The van der Waals surface area contributed by atoms with E-state index < -0.39 is 6.09 Å². The molecule has 0 fully saturated rings. The summed E-state index contributed by atoms with van der Waals surface area (Å²) in [6.07, 6.45) is -0.665. The van der Waals surface area contributed by atoms with Crippen LogP contribution in [0.1, 0.15) is 20.8 Å². The molecule has 0 bridgehead atoms. The van der Waals surface area contributed by atoms with Gasteiger partial charge in [0.2, 0.25) is 11.8 Å². The summed E-state index contributed by atoms with van der Waals surface area (Å²) in [6.45, 7) is 6.56. The fraction of sp³-hybridized carbons (Fsp3) is 0.545. The number of aromatic nitrogens is 2. The van der Waals surface area contributed by atoms with Crippen LogP contribution >= 0.6 is 0 Å². The first-order valence-corrected chi connectivity index (χ1v) is 5.95. The number of carbonyl (C=O) groups excluding carboxylic acids is 1. The van der Waals surface area contributed by atoms with Crippen molar-refractivity contribution in [1.29, 1.82) is 0 Å². The van der Waals surface area contributed by atoms with Gasteiger partial charge in [-0.15, -0.1) is 0 Å². The summed E-state index contributed by atoms with van der Waals surface area (Å²) in [4.78, 5) is 19.0. The number of hydrogen-bond donors (Lipinski definition) is 3. The van der Waals surface area contributed by atoms with Crippen molar-refractivity contribution in [2.45, 2.75) is 20.8 Å². The summed E-state index contributed by atoms with van der Waals surface area (Å²) in [7, 11) is 0. The first-order chi connectivity index (χ1) is 8.93. The number of hydrogen-bond acceptors (Lipinski definition) is 7. The van der Waals surface area contributed by atoms with E-state index >= 15 is 0 Å². The number of nitrogens with two attached hydrogens (primary N) is 2. The normalized spacial score (nSPS) is 10.3.